The maximum Gasteiger partial charge on any atom is 0.231 e. The van der Waals surface area contributed by atoms with Gasteiger partial charge in [-0.25, -0.2) is 4.98 Å². The molecule has 1 aliphatic rings. The summed E-state index contributed by atoms with van der Waals surface area (Å²) in [4.78, 5) is 4.75. The number of hydrogen-bond acceptors (Lipinski definition) is 4. The minimum atomic E-state index is 0.160. The second kappa shape index (κ2) is 5.35. The molecule has 2 heterocycles. The Labute approximate surface area is 127 Å². The highest BCUT2D eigenvalue weighted by atomic mass is 16.7. The van der Waals surface area contributed by atoms with Crippen molar-refractivity contribution < 1.29 is 14.6 Å². The number of rotatable bonds is 4. The number of hydrogen-bond donors (Lipinski definition) is 1. The molecule has 0 saturated carbocycles. The molecular formula is C17H16N2O3. The molecule has 0 unspecified atom stereocenters. The number of nitrogens with zero attached hydrogens (tertiary/aromatic N) is 2. The molecule has 0 radical (unpaired) electrons. The highest BCUT2D eigenvalue weighted by Gasteiger charge is 2.17. The van der Waals surface area contributed by atoms with Crippen LogP contribution in [-0.4, -0.2) is 28.1 Å². The van der Waals surface area contributed by atoms with Crippen LogP contribution in [0, 0.1) is 0 Å². The van der Waals surface area contributed by atoms with Gasteiger partial charge in [-0.2, -0.15) is 0 Å². The average Bonchev–Trinajstić information content (AvgIpc) is 3.16. The van der Waals surface area contributed by atoms with Crippen LogP contribution in [0.4, 0.5) is 0 Å². The average molecular weight is 296 g/mol. The van der Waals surface area contributed by atoms with Crippen molar-refractivity contribution in [2.75, 3.05) is 13.4 Å². The molecule has 0 saturated heterocycles. The van der Waals surface area contributed by atoms with E-state index in [-0.39, 0.29) is 13.4 Å². The van der Waals surface area contributed by atoms with Crippen LogP contribution in [-0.2, 0) is 6.54 Å². The van der Waals surface area contributed by atoms with Crippen molar-refractivity contribution in [2.24, 2.45) is 0 Å². The Bertz CT molecular complexity index is 826. The summed E-state index contributed by atoms with van der Waals surface area (Å²) in [7, 11) is 0. The van der Waals surface area contributed by atoms with Gasteiger partial charge < -0.3 is 19.1 Å². The molecule has 1 N–H and O–H groups in total. The Kier molecular flexibility index (Phi) is 3.20. The fourth-order valence-corrected chi connectivity index (χ4v) is 2.79. The maximum absolute atomic E-state index is 9.16. The molecule has 4 rings (SSSR count). The highest BCUT2D eigenvalue weighted by molar-refractivity contribution is 5.81. The van der Waals surface area contributed by atoms with Gasteiger partial charge in [-0.3, -0.25) is 0 Å². The number of imidazole rings is 1. The molecule has 0 spiro atoms. The number of aliphatic hydroxyl groups excluding tert-OH is 1. The van der Waals surface area contributed by atoms with Crippen molar-refractivity contribution in [3.05, 3.63) is 42.5 Å². The van der Waals surface area contributed by atoms with Crippen LogP contribution >= 0.6 is 0 Å². The Hall–Kier alpha value is -2.53. The first kappa shape index (κ1) is 13.2. The quantitative estimate of drug-likeness (QED) is 0.804. The minimum absolute atomic E-state index is 0.160. The van der Waals surface area contributed by atoms with Gasteiger partial charge in [0.25, 0.3) is 0 Å². The monoisotopic (exact) mass is 296 g/mol. The van der Waals surface area contributed by atoms with Crippen LogP contribution in [0.15, 0.2) is 42.5 Å². The molecule has 0 atom stereocenters. The molecule has 5 heteroatoms. The lowest BCUT2D eigenvalue weighted by Crippen LogP contribution is -2.02. The minimum Gasteiger partial charge on any atom is -0.454 e. The molecule has 112 valence electrons. The predicted molar refractivity (Wildman–Crippen MR) is 83.0 cm³/mol. The normalized spacial score (nSPS) is 13.0. The van der Waals surface area contributed by atoms with E-state index >= 15 is 0 Å². The molecule has 2 aromatic carbocycles. The predicted octanol–water partition coefficient (Wildman–Crippen LogP) is 2.81. The molecule has 5 nitrogen and oxygen atoms in total. The van der Waals surface area contributed by atoms with Crippen LogP contribution in [0.3, 0.4) is 0 Å². The van der Waals surface area contributed by atoms with E-state index in [0.29, 0.717) is 6.42 Å². The third-order valence-corrected chi connectivity index (χ3v) is 3.83. The molecule has 0 aliphatic carbocycles. The smallest absolute Gasteiger partial charge is 0.231 e. The molecule has 1 aliphatic heterocycles. The summed E-state index contributed by atoms with van der Waals surface area (Å²) < 4.78 is 13.0. The van der Waals surface area contributed by atoms with Crippen LogP contribution in [0.2, 0.25) is 0 Å². The summed E-state index contributed by atoms with van der Waals surface area (Å²) in [6, 6.07) is 13.9. The van der Waals surface area contributed by atoms with Crippen LogP contribution in [0.5, 0.6) is 11.5 Å². The number of fused-ring (bicyclic) bond motifs is 2. The molecular weight excluding hydrogens is 280 g/mol. The van der Waals surface area contributed by atoms with Gasteiger partial charge in [-0.05, 0) is 36.8 Å². The van der Waals surface area contributed by atoms with E-state index in [0.717, 1.165) is 40.5 Å². The third-order valence-electron chi connectivity index (χ3n) is 3.83. The zero-order valence-corrected chi connectivity index (χ0v) is 12.0. The van der Waals surface area contributed by atoms with Gasteiger partial charge >= 0.3 is 0 Å². The lowest BCUT2D eigenvalue weighted by molar-refractivity contribution is 0.174. The zero-order chi connectivity index (χ0) is 14.9. The van der Waals surface area contributed by atoms with Crippen molar-refractivity contribution in [1.29, 1.82) is 0 Å². The number of aromatic nitrogens is 2. The molecule has 0 amide bonds. The first-order valence-corrected chi connectivity index (χ1v) is 7.33. The van der Waals surface area contributed by atoms with E-state index in [1.165, 1.54) is 0 Å². The summed E-state index contributed by atoms with van der Waals surface area (Å²) in [6.07, 6.45) is 0.692. The van der Waals surface area contributed by atoms with Gasteiger partial charge in [0.15, 0.2) is 11.5 Å². The van der Waals surface area contributed by atoms with Gasteiger partial charge in [-0.1, -0.05) is 12.1 Å². The highest BCUT2D eigenvalue weighted by Crippen LogP contribution is 2.36. The van der Waals surface area contributed by atoms with Crippen molar-refractivity contribution in [1.82, 2.24) is 9.55 Å². The standard InChI is InChI=1S/C17H16N2O3/c20-9-3-8-19-14-5-2-1-4-13(14)18-17(19)12-6-7-15-16(10-12)22-11-21-15/h1-2,4-7,10,20H,3,8-9,11H2. The fraction of sp³-hybridized carbons (Fsp3) is 0.235. The van der Waals surface area contributed by atoms with Gasteiger partial charge in [-0.15, -0.1) is 0 Å². The number of benzene rings is 2. The van der Waals surface area contributed by atoms with E-state index in [9.17, 15) is 0 Å². The topological polar surface area (TPSA) is 56.5 Å². The van der Waals surface area contributed by atoms with E-state index in [1.807, 2.05) is 36.4 Å². The van der Waals surface area contributed by atoms with E-state index in [1.54, 1.807) is 0 Å². The second-order valence-corrected chi connectivity index (χ2v) is 5.22. The summed E-state index contributed by atoms with van der Waals surface area (Å²) in [5, 5.41) is 9.16. The molecule has 0 fully saturated rings. The van der Waals surface area contributed by atoms with Gasteiger partial charge in [0, 0.05) is 18.7 Å². The van der Waals surface area contributed by atoms with Crippen molar-refractivity contribution in [2.45, 2.75) is 13.0 Å². The van der Waals surface area contributed by atoms with E-state index in [4.69, 9.17) is 19.6 Å². The Balaban J connectivity index is 1.86. The fourth-order valence-electron chi connectivity index (χ4n) is 2.79. The summed E-state index contributed by atoms with van der Waals surface area (Å²) >= 11 is 0. The zero-order valence-electron chi connectivity index (χ0n) is 12.0. The Morgan fingerprint density at radius 2 is 1.95 bits per heavy atom. The van der Waals surface area contributed by atoms with Gasteiger partial charge in [0.1, 0.15) is 5.82 Å². The van der Waals surface area contributed by atoms with Gasteiger partial charge in [0.05, 0.1) is 11.0 Å². The largest absolute Gasteiger partial charge is 0.454 e. The Morgan fingerprint density at radius 1 is 1.09 bits per heavy atom. The van der Waals surface area contributed by atoms with Crippen LogP contribution in [0.1, 0.15) is 6.42 Å². The lowest BCUT2D eigenvalue weighted by Gasteiger charge is -2.09. The maximum atomic E-state index is 9.16. The summed E-state index contributed by atoms with van der Waals surface area (Å²) in [5.74, 6) is 2.40. The van der Waals surface area contributed by atoms with Crippen molar-refractivity contribution >= 4 is 11.0 Å². The number of aliphatic hydroxyl groups is 1. The first-order valence-electron chi connectivity index (χ1n) is 7.33. The molecule has 3 aromatic rings. The van der Waals surface area contributed by atoms with Crippen molar-refractivity contribution in [3.8, 4) is 22.9 Å². The third kappa shape index (κ3) is 2.10. The Morgan fingerprint density at radius 3 is 2.86 bits per heavy atom. The number of para-hydroxylation sites is 2. The van der Waals surface area contributed by atoms with E-state index < -0.39 is 0 Å². The molecule has 0 bridgehead atoms. The SMILES string of the molecule is OCCCn1c(-c2ccc3c(c2)OCO3)nc2ccccc21. The van der Waals surface area contributed by atoms with Crippen LogP contribution in [0.25, 0.3) is 22.4 Å². The van der Waals surface area contributed by atoms with Gasteiger partial charge in [0.2, 0.25) is 6.79 Å². The second-order valence-electron chi connectivity index (χ2n) is 5.22. The lowest BCUT2D eigenvalue weighted by atomic mass is 10.2. The summed E-state index contributed by atoms with van der Waals surface area (Å²) in [5.41, 5.74) is 3.01. The first-order chi connectivity index (χ1) is 10.9. The number of aryl methyl sites for hydroxylation is 1. The van der Waals surface area contributed by atoms with Crippen molar-refractivity contribution in [3.63, 3.8) is 0 Å². The van der Waals surface area contributed by atoms with E-state index in [2.05, 4.69) is 10.6 Å². The molecule has 1 aromatic heterocycles. The summed E-state index contributed by atoms with van der Waals surface area (Å²) in [6.45, 7) is 1.15. The molecule has 22 heavy (non-hydrogen) atoms. The number of ether oxygens (including phenoxy) is 2. The van der Waals surface area contributed by atoms with Crippen LogP contribution < -0.4 is 9.47 Å².